The highest BCUT2D eigenvalue weighted by Gasteiger charge is 2.57. The Morgan fingerprint density at radius 2 is 1.81 bits per heavy atom. The Labute approximate surface area is 174 Å². The molecule has 1 aliphatic heterocycles. The molecule has 0 spiro atoms. The summed E-state index contributed by atoms with van der Waals surface area (Å²) < 4.78 is 22.5. The van der Waals surface area contributed by atoms with Gasteiger partial charge in [0, 0.05) is 33.5 Å². The number of alkyl halides is 1. The number of nitrogens with one attached hydrogen (secondary N) is 1. The summed E-state index contributed by atoms with van der Waals surface area (Å²) in [6, 6.07) is 12.7. The minimum atomic E-state index is -1.37. The lowest BCUT2D eigenvalue weighted by Crippen LogP contribution is -2.48. The van der Waals surface area contributed by atoms with Crippen LogP contribution < -0.4 is 5.43 Å². The fraction of sp³-hybridized carbons (Fsp3) is 0.350. The zero-order valence-corrected chi connectivity index (χ0v) is 17.7. The van der Waals surface area contributed by atoms with E-state index in [0.29, 0.717) is 43.9 Å². The van der Waals surface area contributed by atoms with Crippen molar-refractivity contribution >= 4 is 37.8 Å². The quantitative estimate of drug-likeness (QED) is 0.674. The summed E-state index contributed by atoms with van der Waals surface area (Å²) in [7, 11) is 0. The number of benzene rings is 2. The normalized spacial score (nSPS) is 25.2. The van der Waals surface area contributed by atoms with E-state index in [1.807, 2.05) is 23.2 Å². The molecule has 1 aliphatic carbocycles. The van der Waals surface area contributed by atoms with Crippen LogP contribution >= 0.6 is 31.9 Å². The molecule has 1 saturated carbocycles. The average Bonchev–Trinajstić information content (AvgIpc) is 3.38. The molecule has 1 heterocycles. The smallest absolute Gasteiger partial charge is 0.265 e. The van der Waals surface area contributed by atoms with Gasteiger partial charge in [-0.2, -0.15) is 0 Å². The monoisotopic (exact) mass is 496 g/mol. The van der Waals surface area contributed by atoms with Crippen molar-refractivity contribution in [3.05, 3.63) is 68.1 Å². The lowest BCUT2D eigenvalue weighted by Gasteiger charge is -2.26. The van der Waals surface area contributed by atoms with E-state index in [2.05, 4.69) is 37.3 Å². The maximum atomic E-state index is 15.4. The van der Waals surface area contributed by atoms with Gasteiger partial charge in [0.1, 0.15) is 5.67 Å². The molecule has 7 heteroatoms. The van der Waals surface area contributed by atoms with E-state index in [1.54, 1.807) is 24.3 Å². The van der Waals surface area contributed by atoms with E-state index in [0.717, 1.165) is 14.5 Å². The topological polar surface area (TPSA) is 41.6 Å². The highest BCUT2D eigenvalue weighted by atomic mass is 79.9. The standard InChI is InChI=1S/C20H19Br2FN2O2/c21-17-6-3-14(11-18(17)22)16-12-20(16,23)15-4-1-13(2-5-15)19(26)24-25-7-9-27-10-8-25/h1-6,11,16H,7-10,12H2,(H,24,26). The Morgan fingerprint density at radius 1 is 1.11 bits per heavy atom. The van der Waals surface area contributed by atoms with Crippen LogP contribution in [-0.4, -0.2) is 37.2 Å². The van der Waals surface area contributed by atoms with Gasteiger partial charge in [-0.3, -0.25) is 10.2 Å². The molecule has 0 bridgehead atoms. The Hall–Kier alpha value is -1.28. The van der Waals surface area contributed by atoms with Gasteiger partial charge in [-0.1, -0.05) is 18.2 Å². The molecule has 1 amide bonds. The molecule has 1 saturated heterocycles. The molecular formula is C20H19Br2FN2O2. The summed E-state index contributed by atoms with van der Waals surface area (Å²) in [4.78, 5) is 12.3. The molecule has 2 aromatic carbocycles. The van der Waals surface area contributed by atoms with Crippen molar-refractivity contribution in [2.45, 2.75) is 18.0 Å². The first-order valence-corrected chi connectivity index (χ1v) is 10.4. The third-order valence-electron chi connectivity index (χ3n) is 5.14. The lowest BCUT2D eigenvalue weighted by atomic mass is 10.0. The van der Waals surface area contributed by atoms with E-state index in [-0.39, 0.29) is 11.8 Å². The molecule has 1 N–H and O–H groups in total. The number of hydrogen-bond donors (Lipinski definition) is 1. The number of ether oxygens (including phenoxy) is 1. The number of halogens is 3. The van der Waals surface area contributed by atoms with Crippen molar-refractivity contribution in [2.24, 2.45) is 0 Å². The Balaban J connectivity index is 1.44. The number of carbonyl (C=O) groups is 1. The molecule has 4 nitrogen and oxygen atoms in total. The second kappa shape index (κ2) is 7.62. The molecule has 2 aliphatic rings. The fourth-order valence-corrected chi connectivity index (χ4v) is 4.09. The number of rotatable bonds is 4. The SMILES string of the molecule is O=C(NN1CCOCC1)c1ccc(C2(F)CC2c2ccc(Br)c(Br)c2)cc1. The van der Waals surface area contributed by atoms with E-state index < -0.39 is 5.67 Å². The van der Waals surface area contributed by atoms with Crippen LogP contribution in [0.3, 0.4) is 0 Å². The number of morpholine rings is 1. The zero-order valence-electron chi connectivity index (χ0n) is 14.6. The highest BCUT2D eigenvalue weighted by Crippen LogP contribution is 2.61. The molecule has 4 rings (SSSR count). The maximum Gasteiger partial charge on any atom is 0.265 e. The van der Waals surface area contributed by atoms with E-state index in [1.165, 1.54) is 0 Å². The number of hydrazine groups is 1. The first-order valence-electron chi connectivity index (χ1n) is 8.85. The van der Waals surface area contributed by atoms with Gasteiger partial charge >= 0.3 is 0 Å². The second-order valence-corrected chi connectivity index (χ2v) is 8.62. The Bertz CT molecular complexity index is 856. The van der Waals surface area contributed by atoms with Gasteiger partial charge in [0.2, 0.25) is 0 Å². The van der Waals surface area contributed by atoms with Gasteiger partial charge in [-0.05, 0) is 73.7 Å². The number of hydrogen-bond acceptors (Lipinski definition) is 3. The van der Waals surface area contributed by atoms with Gasteiger partial charge < -0.3 is 4.74 Å². The minimum Gasteiger partial charge on any atom is -0.379 e. The number of nitrogens with zero attached hydrogens (tertiary/aromatic N) is 1. The van der Waals surface area contributed by atoms with Crippen LogP contribution in [0.2, 0.25) is 0 Å². The van der Waals surface area contributed by atoms with Gasteiger partial charge in [0.25, 0.3) is 5.91 Å². The molecule has 0 aromatic heterocycles. The number of amides is 1. The Morgan fingerprint density at radius 3 is 2.48 bits per heavy atom. The first kappa shape index (κ1) is 19.1. The predicted molar refractivity (Wildman–Crippen MR) is 108 cm³/mol. The van der Waals surface area contributed by atoms with Crippen molar-refractivity contribution in [1.82, 2.24) is 10.4 Å². The predicted octanol–water partition coefficient (Wildman–Crippen LogP) is 4.54. The first-order chi connectivity index (χ1) is 13.0. The summed E-state index contributed by atoms with van der Waals surface area (Å²) in [5.74, 6) is -0.338. The van der Waals surface area contributed by atoms with Crippen molar-refractivity contribution in [2.75, 3.05) is 26.3 Å². The largest absolute Gasteiger partial charge is 0.379 e. The van der Waals surface area contributed by atoms with Gasteiger partial charge in [0.05, 0.1) is 13.2 Å². The van der Waals surface area contributed by atoms with Crippen LogP contribution in [-0.2, 0) is 10.4 Å². The zero-order chi connectivity index (χ0) is 19.0. The fourth-order valence-electron chi connectivity index (χ4n) is 3.45. The van der Waals surface area contributed by atoms with Crippen LogP contribution in [0.4, 0.5) is 4.39 Å². The molecule has 2 aromatic rings. The average molecular weight is 498 g/mol. The van der Waals surface area contributed by atoms with E-state index in [4.69, 9.17) is 4.74 Å². The minimum absolute atomic E-state index is 0.157. The van der Waals surface area contributed by atoms with E-state index >= 15 is 4.39 Å². The summed E-state index contributed by atoms with van der Waals surface area (Å²) in [6.07, 6.45) is 0.459. The maximum absolute atomic E-state index is 15.4. The van der Waals surface area contributed by atoms with Crippen LogP contribution in [0.25, 0.3) is 0 Å². The summed E-state index contributed by atoms with van der Waals surface area (Å²) in [6.45, 7) is 2.55. The van der Waals surface area contributed by atoms with Crippen LogP contribution in [0.5, 0.6) is 0 Å². The van der Waals surface area contributed by atoms with E-state index in [9.17, 15) is 4.79 Å². The molecule has 27 heavy (non-hydrogen) atoms. The van der Waals surface area contributed by atoms with Gasteiger partial charge in [-0.25, -0.2) is 9.40 Å². The van der Waals surface area contributed by atoms with Crippen LogP contribution in [0.15, 0.2) is 51.4 Å². The molecule has 0 radical (unpaired) electrons. The third-order valence-corrected chi connectivity index (χ3v) is 7.02. The molecular weight excluding hydrogens is 479 g/mol. The van der Waals surface area contributed by atoms with Gasteiger partial charge in [-0.15, -0.1) is 0 Å². The molecule has 2 unspecified atom stereocenters. The van der Waals surface area contributed by atoms with Crippen molar-refractivity contribution in [3.63, 3.8) is 0 Å². The highest BCUT2D eigenvalue weighted by molar-refractivity contribution is 9.13. The van der Waals surface area contributed by atoms with Crippen molar-refractivity contribution < 1.29 is 13.9 Å². The third kappa shape index (κ3) is 3.97. The summed E-state index contributed by atoms with van der Waals surface area (Å²) in [5, 5.41) is 1.85. The Kier molecular flexibility index (Phi) is 5.38. The number of carbonyl (C=O) groups excluding carboxylic acids is 1. The summed E-state index contributed by atoms with van der Waals surface area (Å²) in [5.41, 5.74) is 3.62. The summed E-state index contributed by atoms with van der Waals surface area (Å²) >= 11 is 6.92. The second-order valence-electron chi connectivity index (χ2n) is 6.91. The molecule has 2 atom stereocenters. The van der Waals surface area contributed by atoms with Crippen molar-refractivity contribution in [3.8, 4) is 0 Å². The van der Waals surface area contributed by atoms with Gasteiger partial charge in [0.15, 0.2) is 0 Å². The molecule has 2 fully saturated rings. The lowest BCUT2D eigenvalue weighted by molar-refractivity contribution is 0.0126. The van der Waals surface area contributed by atoms with Crippen LogP contribution in [0.1, 0.15) is 33.8 Å². The van der Waals surface area contributed by atoms with Crippen molar-refractivity contribution in [1.29, 1.82) is 0 Å². The van der Waals surface area contributed by atoms with Crippen LogP contribution in [0, 0.1) is 0 Å². The molecule has 142 valence electrons.